The van der Waals surface area contributed by atoms with Crippen LogP contribution in [0.1, 0.15) is 38.3 Å². The van der Waals surface area contributed by atoms with Crippen LogP contribution in [0.2, 0.25) is 0 Å². The van der Waals surface area contributed by atoms with Crippen LogP contribution in [-0.4, -0.2) is 11.0 Å². The molecule has 2 atom stereocenters. The average Bonchev–Trinajstić information content (AvgIpc) is 2.29. The Bertz CT molecular complexity index is 394. The van der Waals surface area contributed by atoms with Crippen molar-refractivity contribution >= 4 is 5.82 Å². The monoisotopic (exact) mass is 215 g/mol. The minimum Gasteiger partial charge on any atom is -0.367 e. The van der Waals surface area contributed by atoms with Gasteiger partial charge in [-0.15, -0.1) is 0 Å². The number of nitriles is 1. The van der Waals surface area contributed by atoms with Crippen LogP contribution < -0.4 is 5.32 Å². The Balaban J connectivity index is 2.00. The third kappa shape index (κ3) is 2.73. The molecule has 0 spiro atoms. The lowest BCUT2D eigenvalue weighted by Crippen LogP contribution is -2.26. The third-order valence-corrected chi connectivity index (χ3v) is 3.15. The molecule has 1 aromatic rings. The van der Waals surface area contributed by atoms with Crippen molar-refractivity contribution in [3.8, 4) is 6.07 Å². The van der Waals surface area contributed by atoms with Crippen molar-refractivity contribution in [1.82, 2.24) is 4.98 Å². The summed E-state index contributed by atoms with van der Waals surface area (Å²) in [5.74, 6) is 1.63. The average molecular weight is 215 g/mol. The number of hydrogen-bond donors (Lipinski definition) is 1. The van der Waals surface area contributed by atoms with Crippen LogP contribution in [0, 0.1) is 17.2 Å². The lowest BCUT2D eigenvalue weighted by Gasteiger charge is -2.27. The Kier molecular flexibility index (Phi) is 3.40. The predicted molar refractivity (Wildman–Crippen MR) is 64.0 cm³/mol. The molecule has 1 aliphatic rings. The maximum atomic E-state index is 8.77. The van der Waals surface area contributed by atoms with Crippen LogP contribution in [0.15, 0.2) is 18.2 Å². The van der Waals surface area contributed by atoms with Crippen molar-refractivity contribution in [3.05, 3.63) is 23.9 Å². The molecule has 1 saturated carbocycles. The fraction of sp³-hybridized carbons (Fsp3) is 0.538. The van der Waals surface area contributed by atoms with E-state index in [1.165, 1.54) is 25.7 Å². The normalized spacial score (nSPS) is 24.8. The first kappa shape index (κ1) is 10.9. The van der Waals surface area contributed by atoms with E-state index in [0.717, 1.165) is 11.7 Å². The topological polar surface area (TPSA) is 48.7 Å². The van der Waals surface area contributed by atoms with Crippen molar-refractivity contribution in [2.75, 3.05) is 5.32 Å². The standard InChI is InChI=1S/C13H17N3/c1-10-4-2-5-11(8-10)15-13-7-3-6-12(9-14)16-13/h3,6-7,10-11H,2,4-5,8H2,1H3,(H,15,16). The summed E-state index contributed by atoms with van der Waals surface area (Å²) in [6, 6.07) is 8.12. The van der Waals surface area contributed by atoms with Crippen LogP contribution in [0.25, 0.3) is 0 Å². The van der Waals surface area contributed by atoms with Gasteiger partial charge in [-0.1, -0.05) is 25.8 Å². The van der Waals surface area contributed by atoms with Gasteiger partial charge in [0.2, 0.25) is 0 Å². The van der Waals surface area contributed by atoms with Gasteiger partial charge in [0.1, 0.15) is 17.6 Å². The second kappa shape index (κ2) is 4.98. The Morgan fingerprint density at radius 1 is 1.44 bits per heavy atom. The largest absolute Gasteiger partial charge is 0.367 e. The maximum absolute atomic E-state index is 8.77. The summed E-state index contributed by atoms with van der Waals surface area (Å²) in [6.07, 6.45) is 5.04. The van der Waals surface area contributed by atoms with Crippen molar-refractivity contribution in [1.29, 1.82) is 5.26 Å². The number of anilines is 1. The van der Waals surface area contributed by atoms with E-state index in [2.05, 4.69) is 23.3 Å². The molecule has 16 heavy (non-hydrogen) atoms. The molecule has 1 fully saturated rings. The minimum absolute atomic E-state index is 0.480. The van der Waals surface area contributed by atoms with Gasteiger partial charge in [0.25, 0.3) is 0 Å². The zero-order valence-electron chi connectivity index (χ0n) is 9.61. The first-order valence-electron chi connectivity index (χ1n) is 5.91. The van der Waals surface area contributed by atoms with Gasteiger partial charge in [-0.3, -0.25) is 0 Å². The zero-order valence-corrected chi connectivity index (χ0v) is 9.61. The van der Waals surface area contributed by atoms with Crippen LogP contribution in [0.4, 0.5) is 5.82 Å². The highest BCUT2D eigenvalue weighted by Crippen LogP contribution is 2.25. The number of nitrogens with one attached hydrogen (secondary N) is 1. The number of rotatable bonds is 2. The molecule has 0 aromatic carbocycles. The van der Waals surface area contributed by atoms with Crippen LogP contribution >= 0.6 is 0 Å². The van der Waals surface area contributed by atoms with Crippen molar-refractivity contribution in [2.45, 2.75) is 38.6 Å². The molecule has 0 radical (unpaired) electrons. The lowest BCUT2D eigenvalue weighted by atomic mass is 9.87. The Morgan fingerprint density at radius 3 is 3.06 bits per heavy atom. The smallest absolute Gasteiger partial charge is 0.142 e. The van der Waals surface area contributed by atoms with E-state index in [-0.39, 0.29) is 0 Å². The predicted octanol–water partition coefficient (Wildman–Crippen LogP) is 2.94. The lowest BCUT2D eigenvalue weighted by molar-refractivity contribution is 0.358. The van der Waals surface area contributed by atoms with Crippen LogP contribution in [0.5, 0.6) is 0 Å². The van der Waals surface area contributed by atoms with Gasteiger partial charge in [-0.05, 0) is 30.9 Å². The fourth-order valence-electron chi connectivity index (χ4n) is 2.35. The molecule has 1 N–H and O–H groups in total. The van der Waals surface area contributed by atoms with Gasteiger partial charge in [-0.25, -0.2) is 4.98 Å². The van der Waals surface area contributed by atoms with Gasteiger partial charge < -0.3 is 5.32 Å². The van der Waals surface area contributed by atoms with E-state index >= 15 is 0 Å². The summed E-state index contributed by atoms with van der Waals surface area (Å²) in [6.45, 7) is 2.30. The summed E-state index contributed by atoms with van der Waals surface area (Å²) in [4.78, 5) is 4.24. The molecular weight excluding hydrogens is 198 g/mol. The molecule has 1 aromatic heterocycles. The summed E-state index contributed by atoms with van der Waals surface area (Å²) in [7, 11) is 0. The molecule has 2 unspecified atom stereocenters. The highest BCUT2D eigenvalue weighted by molar-refractivity contribution is 5.39. The maximum Gasteiger partial charge on any atom is 0.142 e. The molecule has 1 heterocycles. The fourth-order valence-corrected chi connectivity index (χ4v) is 2.35. The minimum atomic E-state index is 0.480. The third-order valence-electron chi connectivity index (χ3n) is 3.15. The van der Waals surface area contributed by atoms with E-state index in [9.17, 15) is 0 Å². The van der Waals surface area contributed by atoms with Crippen molar-refractivity contribution in [3.63, 3.8) is 0 Å². The molecular formula is C13H17N3. The molecule has 84 valence electrons. The van der Waals surface area contributed by atoms with E-state index in [1.807, 2.05) is 12.1 Å². The van der Waals surface area contributed by atoms with Gasteiger partial charge >= 0.3 is 0 Å². The molecule has 0 aliphatic heterocycles. The number of nitrogens with zero attached hydrogens (tertiary/aromatic N) is 2. The molecule has 2 rings (SSSR count). The Labute approximate surface area is 96.5 Å². The summed E-state index contributed by atoms with van der Waals surface area (Å²) < 4.78 is 0. The molecule has 1 aliphatic carbocycles. The number of aromatic nitrogens is 1. The number of pyridine rings is 1. The first-order valence-corrected chi connectivity index (χ1v) is 5.91. The summed E-state index contributed by atoms with van der Waals surface area (Å²) in [5, 5.41) is 12.2. The Hall–Kier alpha value is -1.56. The molecule has 0 saturated heterocycles. The molecule has 3 heteroatoms. The second-order valence-electron chi connectivity index (χ2n) is 4.63. The Morgan fingerprint density at radius 2 is 2.31 bits per heavy atom. The van der Waals surface area contributed by atoms with Crippen LogP contribution in [0.3, 0.4) is 0 Å². The molecule has 3 nitrogen and oxygen atoms in total. The van der Waals surface area contributed by atoms with Gasteiger partial charge in [0, 0.05) is 6.04 Å². The van der Waals surface area contributed by atoms with Crippen molar-refractivity contribution in [2.24, 2.45) is 5.92 Å². The van der Waals surface area contributed by atoms with Crippen LogP contribution in [-0.2, 0) is 0 Å². The molecule has 0 bridgehead atoms. The summed E-state index contributed by atoms with van der Waals surface area (Å²) in [5.41, 5.74) is 0.480. The molecule has 0 amide bonds. The van der Waals surface area contributed by atoms with Gasteiger partial charge in [0.05, 0.1) is 0 Å². The highest BCUT2D eigenvalue weighted by Gasteiger charge is 2.18. The van der Waals surface area contributed by atoms with E-state index in [0.29, 0.717) is 11.7 Å². The highest BCUT2D eigenvalue weighted by atomic mass is 15.0. The first-order chi connectivity index (χ1) is 7.78. The van der Waals surface area contributed by atoms with E-state index < -0.39 is 0 Å². The summed E-state index contributed by atoms with van der Waals surface area (Å²) >= 11 is 0. The van der Waals surface area contributed by atoms with Gasteiger partial charge in [-0.2, -0.15) is 5.26 Å². The van der Waals surface area contributed by atoms with E-state index in [1.54, 1.807) is 6.07 Å². The van der Waals surface area contributed by atoms with Crippen molar-refractivity contribution < 1.29 is 0 Å². The quantitative estimate of drug-likeness (QED) is 0.825. The second-order valence-corrected chi connectivity index (χ2v) is 4.63. The SMILES string of the molecule is CC1CCCC(Nc2cccc(C#N)n2)C1. The number of hydrogen-bond acceptors (Lipinski definition) is 3. The van der Waals surface area contributed by atoms with E-state index in [4.69, 9.17) is 5.26 Å². The zero-order chi connectivity index (χ0) is 11.4. The van der Waals surface area contributed by atoms with Gasteiger partial charge in [0.15, 0.2) is 0 Å².